The zero-order chi connectivity index (χ0) is 9.97. The number of aromatic nitrogens is 2. The van der Waals surface area contributed by atoms with Crippen molar-refractivity contribution in [1.29, 1.82) is 0 Å². The molecule has 0 spiro atoms. The number of anilines is 1. The van der Waals surface area contributed by atoms with Crippen molar-refractivity contribution in [3.05, 3.63) is 18.1 Å². The third-order valence-electron chi connectivity index (χ3n) is 3.06. The fraction of sp³-hybridized carbons (Fsp3) is 0.636. The summed E-state index contributed by atoms with van der Waals surface area (Å²) in [5.41, 5.74) is 0.992. The smallest absolute Gasteiger partial charge is 0.147 e. The molecule has 2 unspecified atom stereocenters. The molecule has 1 aromatic rings. The Kier molecular flexibility index (Phi) is 2.66. The molecule has 0 radical (unpaired) electrons. The molecule has 0 bridgehead atoms. The molecule has 0 aliphatic heterocycles. The van der Waals surface area contributed by atoms with E-state index in [1.807, 2.05) is 6.92 Å². The van der Waals surface area contributed by atoms with Gasteiger partial charge >= 0.3 is 0 Å². The van der Waals surface area contributed by atoms with Crippen LogP contribution in [0.1, 0.15) is 31.9 Å². The third-order valence-corrected chi connectivity index (χ3v) is 3.06. The summed E-state index contributed by atoms with van der Waals surface area (Å²) in [4.78, 5) is 8.52. The second-order valence-electron chi connectivity index (χ2n) is 4.15. The van der Waals surface area contributed by atoms with Crippen LogP contribution in [0.25, 0.3) is 0 Å². The highest BCUT2D eigenvalue weighted by molar-refractivity contribution is 5.39. The van der Waals surface area contributed by atoms with Crippen molar-refractivity contribution in [3.8, 4) is 0 Å². The second kappa shape index (κ2) is 3.95. The maximum Gasteiger partial charge on any atom is 0.147 e. The summed E-state index contributed by atoms with van der Waals surface area (Å²) < 4.78 is 0. The van der Waals surface area contributed by atoms with Gasteiger partial charge in [-0.1, -0.05) is 13.3 Å². The van der Waals surface area contributed by atoms with E-state index in [0.717, 1.165) is 17.4 Å². The number of nitrogens with one attached hydrogen (secondary N) is 1. The zero-order valence-electron chi connectivity index (χ0n) is 8.83. The van der Waals surface area contributed by atoms with Crippen LogP contribution in [0.15, 0.2) is 12.4 Å². The Bertz CT molecular complexity index is 311. The molecule has 0 saturated heterocycles. The van der Waals surface area contributed by atoms with Gasteiger partial charge in [-0.2, -0.15) is 0 Å². The fourth-order valence-electron chi connectivity index (χ4n) is 2.08. The summed E-state index contributed by atoms with van der Waals surface area (Å²) in [5.74, 6) is 1.71. The van der Waals surface area contributed by atoms with Crippen LogP contribution in [0.3, 0.4) is 0 Å². The highest BCUT2D eigenvalue weighted by Crippen LogP contribution is 2.27. The van der Waals surface area contributed by atoms with Crippen LogP contribution < -0.4 is 5.32 Å². The van der Waals surface area contributed by atoms with Crippen LogP contribution in [0.5, 0.6) is 0 Å². The van der Waals surface area contributed by atoms with Gasteiger partial charge in [0.05, 0.1) is 5.69 Å². The maximum atomic E-state index is 4.30. The highest BCUT2D eigenvalue weighted by Gasteiger charge is 2.23. The van der Waals surface area contributed by atoms with Crippen LogP contribution >= 0.6 is 0 Å². The minimum absolute atomic E-state index is 0.588. The standard InChI is InChI=1S/C11H17N3/c1-8-4-3-5-10(8)14-11-9(2)12-6-7-13-11/h6-8,10H,3-5H2,1-2H3,(H,13,14). The normalized spacial score (nSPS) is 26.4. The number of rotatable bonds is 2. The number of hydrogen-bond acceptors (Lipinski definition) is 3. The van der Waals surface area contributed by atoms with Gasteiger partial charge in [0.25, 0.3) is 0 Å². The van der Waals surface area contributed by atoms with Crippen molar-refractivity contribution in [2.75, 3.05) is 5.32 Å². The van der Waals surface area contributed by atoms with E-state index < -0.39 is 0 Å². The molecule has 1 fully saturated rings. The van der Waals surface area contributed by atoms with Gasteiger partial charge < -0.3 is 5.32 Å². The van der Waals surface area contributed by atoms with Gasteiger partial charge in [0, 0.05) is 18.4 Å². The van der Waals surface area contributed by atoms with E-state index in [0.29, 0.717) is 6.04 Å². The lowest BCUT2D eigenvalue weighted by Gasteiger charge is -2.18. The molecule has 3 heteroatoms. The van der Waals surface area contributed by atoms with Gasteiger partial charge in [0.1, 0.15) is 5.82 Å². The Hall–Kier alpha value is -1.12. The predicted molar refractivity (Wildman–Crippen MR) is 57.2 cm³/mol. The van der Waals surface area contributed by atoms with Crippen molar-refractivity contribution in [2.45, 2.75) is 39.2 Å². The summed E-state index contributed by atoms with van der Waals surface area (Å²) in [6.45, 7) is 4.30. The molecule has 1 N–H and O–H groups in total. The summed E-state index contributed by atoms with van der Waals surface area (Å²) in [6, 6.07) is 0.588. The molecule has 1 saturated carbocycles. The largest absolute Gasteiger partial charge is 0.366 e. The molecule has 1 aliphatic rings. The lowest BCUT2D eigenvalue weighted by atomic mass is 10.1. The molecule has 2 atom stereocenters. The summed E-state index contributed by atoms with van der Waals surface area (Å²) >= 11 is 0. The SMILES string of the molecule is Cc1nccnc1NC1CCCC1C. The fourth-order valence-corrected chi connectivity index (χ4v) is 2.08. The van der Waals surface area contributed by atoms with Crippen LogP contribution in [-0.2, 0) is 0 Å². The van der Waals surface area contributed by atoms with Crippen molar-refractivity contribution in [1.82, 2.24) is 9.97 Å². The first-order valence-electron chi connectivity index (χ1n) is 5.31. The molecule has 1 aliphatic carbocycles. The van der Waals surface area contributed by atoms with Crippen molar-refractivity contribution in [2.24, 2.45) is 5.92 Å². The molecule has 76 valence electrons. The Morgan fingerprint density at radius 3 is 2.71 bits per heavy atom. The van der Waals surface area contributed by atoms with Gasteiger partial charge in [-0.3, -0.25) is 4.98 Å². The van der Waals surface area contributed by atoms with Crippen LogP contribution in [0.2, 0.25) is 0 Å². The van der Waals surface area contributed by atoms with E-state index in [-0.39, 0.29) is 0 Å². The molecular formula is C11H17N3. The van der Waals surface area contributed by atoms with Gasteiger partial charge in [-0.05, 0) is 25.7 Å². The van der Waals surface area contributed by atoms with Crippen molar-refractivity contribution < 1.29 is 0 Å². The second-order valence-corrected chi connectivity index (χ2v) is 4.15. The molecule has 0 aromatic carbocycles. The topological polar surface area (TPSA) is 37.8 Å². The summed E-state index contributed by atoms with van der Waals surface area (Å²) in [7, 11) is 0. The minimum Gasteiger partial charge on any atom is -0.366 e. The monoisotopic (exact) mass is 191 g/mol. The van der Waals surface area contributed by atoms with Crippen LogP contribution in [0.4, 0.5) is 5.82 Å². The highest BCUT2D eigenvalue weighted by atomic mass is 15.0. The average Bonchev–Trinajstić information content (AvgIpc) is 2.56. The lowest BCUT2D eigenvalue weighted by Crippen LogP contribution is -2.23. The van der Waals surface area contributed by atoms with Gasteiger partial charge in [0.2, 0.25) is 0 Å². The summed E-state index contributed by atoms with van der Waals surface area (Å²) in [6.07, 6.45) is 7.40. The first-order chi connectivity index (χ1) is 6.77. The van der Waals surface area contributed by atoms with Gasteiger partial charge in [0.15, 0.2) is 0 Å². The molecule has 1 heterocycles. The number of hydrogen-bond donors (Lipinski definition) is 1. The zero-order valence-corrected chi connectivity index (χ0v) is 8.83. The molecule has 2 rings (SSSR count). The van der Waals surface area contributed by atoms with E-state index in [1.54, 1.807) is 12.4 Å². The van der Waals surface area contributed by atoms with E-state index in [4.69, 9.17) is 0 Å². The summed E-state index contributed by atoms with van der Waals surface area (Å²) in [5, 5.41) is 3.49. The van der Waals surface area contributed by atoms with Crippen molar-refractivity contribution >= 4 is 5.82 Å². The van der Waals surface area contributed by atoms with E-state index in [1.165, 1.54) is 19.3 Å². The van der Waals surface area contributed by atoms with Gasteiger partial charge in [-0.15, -0.1) is 0 Å². The molecular weight excluding hydrogens is 174 g/mol. The van der Waals surface area contributed by atoms with E-state index in [9.17, 15) is 0 Å². The maximum absolute atomic E-state index is 4.30. The quantitative estimate of drug-likeness (QED) is 0.780. The van der Waals surface area contributed by atoms with Crippen molar-refractivity contribution in [3.63, 3.8) is 0 Å². The first-order valence-corrected chi connectivity index (χ1v) is 5.31. The Balaban J connectivity index is 2.07. The number of nitrogens with zero attached hydrogens (tertiary/aromatic N) is 2. The number of aryl methyl sites for hydroxylation is 1. The van der Waals surface area contributed by atoms with Crippen LogP contribution in [0, 0.1) is 12.8 Å². The average molecular weight is 191 g/mol. The Labute approximate surface area is 85.0 Å². The van der Waals surface area contributed by atoms with E-state index >= 15 is 0 Å². The van der Waals surface area contributed by atoms with E-state index in [2.05, 4.69) is 22.2 Å². The predicted octanol–water partition coefficient (Wildman–Crippen LogP) is 2.39. The molecule has 0 amide bonds. The Morgan fingerprint density at radius 1 is 1.29 bits per heavy atom. The minimum atomic E-state index is 0.588. The first kappa shape index (κ1) is 9.44. The lowest BCUT2D eigenvalue weighted by molar-refractivity contribution is 0.554. The van der Waals surface area contributed by atoms with Gasteiger partial charge in [-0.25, -0.2) is 4.98 Å². The van der Waals surface area contributed by atoms with Crippen LogP contribution in [-0.4, -0.2) is 16.0 Å². The molecule has 1 aromatic heterocycles. The molecule has 14 heavy (non-hydrogen) atoms. The molecule has 3 nitrogen and oxygen atoms in total. The Morgan fingerprint density at radius 2 is 2.07 bits per heavy atom. The third kappa shape index (κ3) is 1.86.